The van der Waals surface area contributed by atoms with E-state index in [9.17, 15) is 4.79 Å². The fourth-order valence-corrected chi connectivity index (χ4v) is 1.97. The molecule has 1 amide bonds. The van der Waals surface area contributed by atoms with E-state index in [-0.39, 0.29) is 5.91 Å². The monoisotopic (exact) mass is 272 g/mol. The first-order valence-corrected chi connectivity index (χ1v) is 6.63. The van der Waals surface area contributed by atoms with Gasteiger partial charge in [0.1, 0.15) is 11.5 Å². The maximum Gasteiger partial charge on any atom is 0.238 e. The fourth-order valence-electron chi connectivity index (χ4n) is 1.97. The molecule has 0 radical (unpaired) electrons. The molecule has 2 aromatic rings. The lowest BCUT2D eigenvalue weighted by Crippen LogP contribution is -2.29. The second-order valence-corrected chi connectivity index (χ2v) is 5.10. The van der Waals surface area contributed by atoms with E-state index >= 15 is 0 Å². The Morgan fingerprint density at radius 1 is 1.15 bits per heavy atom. The number of carbonyl (C=O) groups is 1. The van der Waals surface area contributed by atoms with Gasteiger partial charge in [0.05, 0.1) is 13.1 Å². The van der Waals surface area contributed by atoms with E-state index in [0.29, 0.717) is 13.1 Å². The highest BCUT2D eigenvalue weighted by Crippen LogP contribution is 2.10. The highest BCUT2D eigenvalue weighted by Gasteiger charge is 2.09. The van der Waals surface area contributed by atoms with Crippen molar-refractivity contribution in [3.63, 3.8) is 0 Å². The van der Waals surface area contributed by atoms with Crippen molar-refractivity contribution >= 4 is 11.6 Å². The van der Waals surface area contributed by atoms with Crippen molar-refractivity contribution < 1.29 is 9.21 Å². The molecule has 0 spiro atoms. The summed E-state index contributed by atoms with van der Waals surface area (Å²) in [6.45, 7) is 4.88. The molecule has 0 aliphatic carbocycles. The molecular weight excluding hydrogens is 252 g/mol. The lowest BCUT2D eigenvalue weighted by molar-refractivity contribution is -0.117. The molecule has 0 fully saturated rings. The zero-order valence-electron chi connectivity index (χ0n) is 12.1. The Morgan fingerprint density at radius 3 is 2.45 bits per heavy atom. The van der Waals surface area contributed by atoms with Gasteiger partial charge < -0.3 is 9.73 Å². The van der Waals surface area contributed by atoms with Crippen LogP contribution in [0.4, 0.5) is 5.69 Å². The summed E-state index contributed by atoms with van der Waals surface area (Å²) in [5.41, 5.74) is 2.00. The zero-order valence-corrected chi connectivity index (χ0v) is 12.1. The van der Waals surface area contributed by atoms with Crippen LogP contribution in [0, 0.1) is 13.8 Å². The molecule has 1 aromatic carbocycles. The van der Waals surface area contributed by atoms with Crippen LogP contribution < -0.4 is 5.32 Å². The molecule has 106 valence electrons. The van der Waals surface area contributed by atoms with Crippen molar-refractivity contribution in [2.75, 3.05) is 18.9 Å². The van der Waals surface area contributed by atoms with Crippen LogP contribution in [0.1, 0.15) is 17.1 Å². The number of likely N-dealkylation sites (N-methyl/N-ethyl adjacent to an activating group) is 1. The summed E-state index contributed by atoms with van der Waals surface area (Å²) in [7, 11) is 1.90. The van der Waals surface area contributed by atoms with Gasteiger partial charge >= 0.3 is 0 Å². The summed E-state index contributed by atoms with van der Waals surface area (Å²) >= 11 is 0. The number of rotatable bonds is 5. The Kier molecular flexibility index (Phi) is 4.58. The third-order valence-corrected chi connectivity index (χ3v) is 2.97. The molecule has 0 atom stereocenters. The number of aryl methyl sites for hydroxylation is 2. The van der Waals surface area contributed by atoms with Crippen LogP contribution in [0.2, 0.25) is 0 Å². The van der Waals surface area contributed by atoms with Gasteiger partial charge in [0.25, 0.3) is 0 Å². The summed E-state index contributed by atoms with van der Waals surface area (Å²) in [4.78, 5) is 13.8. The summed E-state index contributed by atoms with van der Waals surface area (Å²) in [6.07, 6.45) is 0. The first-order valence-electron chi connectivity index (χ1n) is 6.63. The summed E-state index contributed by atoms with van der Waals surface area (Å²) in [5, 5.41) is 2.88. The number of hydrogen-bond donors (Lipinski definition) is 1. The highest BCUT2D eigenvalue weighted by molar-refractivity contribution is 5.92. The molecule has 1 N–H and O–H groups in total. The first-order chi connectivity index (χ1) is 9.52. The summed E-state index contributed by atoms with van der Waals surface area (Å²) < 4.78 is 5.49. The molecular formula is C16H20N2O2. The van der Waals surface area contributed by atoms with E-state index < -0.39 is 0 Å². The number of nitrogens with zero attached hydrogens (tertiary/aromatic N) is 1. The molecule has 4 nitrogen and oxygen atoms in total. The molecule has 0 bridgehead atoms. The molecule has 2 rings (SSSR count). The quantitative estimate of drug-likeness (QED) is 0.910. The molecule has 20 heavy (non-hydrogen) atoms. The van der Waals surface area contributed by atoms with E-state index in [1.54, 1.807) is 0 Å². The van der Waals surface area contributed by atoms with Crippen LogP contribution in [-0.2, 0) is 11.3 Å². The molecule has 0 saturated heterocycles. The van der Waals surface area contributed by atoms with Crippen molar-refractivity contribution in [3.05, 3.63) is 53.5 Å². The SMILES string of the molecule is Cc1ccc(NC(=O)CN(C)Cc2ccc(C)o2)cc1. The van der Waals surface area contributed by atoms with E-state index in [4.69, 9.17) is 4.42 Å². The average molecular weight is 272 g/mol. The Labute approximate surface area is 119 Å². The van der Waals surface area contributed by atoms with Crippen LogP contribution >= 0.6 is 0 Å². The normalized spacial score (nSPS) is 10.8. The van der Waals surface area contributed by atoms with Crippen molar-refractivity contribution in [1.29, 1.82) is 0 Å². The van der Waals surface area contributed by atoms with Gasteiger partial charge in [-0.05, 0) is 45.2 Å². The van der Waals surface area contributed by atoms with Crippen molar-refractivity contribution in [1.82, 2.24) is 4.90 Å². The van der Waals surface area contributed by atoms with Gasteiger partial charge in [0.2, 0.25) is 5.91 Å². The average Bonchev–Trinajstić information content (AvgIpc) is 2.77. The lowest BCUT2D eigenvalue weighted by Gasteiger charge is -2.14. The third kappa shape index (κ3) is 4.24. The third-order valence-electron chi connectivity index (χ3n) is 2.97. The van der Waals surface area contributed by atoms with E-state index in [1.165, 1.54) is 5.56 Å². The molecule has 0 unspecified atom stereocenters. The summed E-state index contributed by atoms with van der Waals surface area (Å²) in [5.74, 6) is 1.73. The number of benzene rings is 1. The Balaban J connectivity index is 1.83. The van der Waals surface area contributed by atoms with Crippen LogP contribution in [-0.4, -0.2) is 24.4 Å². The lowest BCUT2D eigenvalue weighted by atomic mass is 10.2. The van der Waals surface area contributed by atoms with Gasteiger partial charge in [-0.2, -0.15) is 0 Å². The van der Waals surface area contributed by atoms with Crippen molar-refractivity contribution in [2.45, 2.75) is 20.4 Å². The number of furan rings is 1. The van der Waals surface area contributed by atoms with E-state index in [2.05, 4.69) is 5.32 Å². The van der Waals surface area contributed by atoms with E-state index in [0.717, 1.165) is 17.2 Å². The predicted octanol–water partition coefficient (Wildman–Crippen LogP) is 2.97. The molecule has 0 aliphatic rings. The van der Waals surface area contributed by atoms with Gasteiger partial charge in [-0.25, -0.2) is 0 Å². The van der Waals surface area contributed by atoms with Crippen LogP contribution in [0.15, 0.2) is 40.8 Å². The molecule has 0 saturated carbocycles. The highest BCUT2D eigenvalue weighted by atomic mass is 16.3. The van der Waals surface area contributed by atoms with Gasteiger partial charge in [0, 0.05) is 5.69 Å². The maximum absolute atomic E-state index is 11.9. The summed E-state index contributed by atoms with van der Waals surface area (Å²) in [6, 6.07) is 11.6. The topological polar surface area (TPSA) is 45.5 Å². The number of anilines is 1. The Hall–Kier alpha value is -2.07. The minimum Gasteiger partial charge on any atom is -0.465 e. The van der Waals surface area contributed by atoms with Crippen molar-refractivity contribution in [2.24, 2.45) is 0 Å². The van der Waals surface area contributed by atoms with Crippen LogP contribution in [0.5, 0.6) is 0 Å². The number of carbonyl (C=O) groups excluding carboxylic acids is 1. The number of hydrogen-bond acceptors (Lipinski definition) is 3. The molecule has 1 heterocycles. The van der Waals surface area contributed by atoms with Crippen LogP contribution in [0.3, 0.4) is 0 Å². The van der Waals surface area contributed by atoms with Gasteiger partial charge in [0.15, 0.2) is 0 Å². The number of amides is 1. The minimum atomic E-state index is -0.0281. The minimum absolute atomic E-state index is 0.0281. The molecule has 4 heteroatoms. The predicted molar refractivity (Wildman–Crippen MR) is 79.6 cm³/mol. The Bertz CT molecular complexity index is 572. The molecule has 1 aromatic heterocycles. The Morgan fingerprint density at radius 2 is 1.85 bits per heavy atom. The van der Waals surface area contributed by atoms with Gasteiger partial charge in [-0.1, -0.05) is 17.7 Å². The van der Waals surface area contributed by atoms with Crippen molar-refractivity contribution in [3.8, 4) is 0 Å². The fraction of sp³-hybridized carbons (Fsp3) is 0.312. The first kappa shape index (κ1) is 14.3. The van der Waals surface area contributed by atoms with Crippen LogP contribution in [0.25, 0.3) is 0 Å². The maximum atomic E-state index is 11.9. The number of nitrogens with one attached hydrogen (secondary N) is 1. The van der Waals surface area contributed by atoms with E-state index in [1.807, 2.05) is 62.2 Å². The second kappa shape index (κ2) is 6.39. The molecule has 0 aliphatic heterocycles. The smallest absolute Gasteiger partial charge is 0.238 e. The van der Waals surface area contributed by atoms with Gasteiger partial charge in [-0.3, -0.25) is 9.69 Å². The largest absolute Gasteiger partial charge is 0.465 e. The van der Waals surface area contributed by atoms with Gasteiger partial charge in [-0.15, -0.1) is 0 Å². The zero-order chi connectivity index (χ0) is 14.5. The standard InChI is InChI=1S/C16H20N2O2/c1-12-4-7-14(8-5-12)17-16(19)11-18(3)10-15-9-6-13(2)20-15/h4-9H,10-11H2,1-3H3,(H,17,19). The second-order valence-electron chi connectivity index (χ2n) is 5.10.